The van der Waals surface area contributed by atoms with Gasteiger partial charge in [0, 0.05) is 41.6 Å². The number of fused-ring (bicyclic) bond motifs is 1. The Kier molecular flexibility index (Phi) is 6.26. The van der Waals surface area contributed by atoms with Crippen LogP contribution in [0.25, 0.3) is 10.9 Å². The second-order valence-electron chi connectivity index (χ2n) is 8.87. The smallest absolute Gasteiger partial charge is 0.418 e. The van der Waals surface area contributed by atoms with Crippen LogP contribution in [0.15, 0.2) is 85.2 Å². The van der Waals surface area contributed by atoms with Crippen LogP contribution >= 0.6 is 0 Å². The van der Waals surface area contributed by atoms with E-state index in [0.29, 0.717) is 0 Å². The fraction of sp³-hybridized carbons (Fsp3) is 0.259. The van der Waals surface area contributed by atoms with Gasteiger partial charge in [0.15, 0.2) is 0 Å². The van der Waals surface area contributed by atoms with Gasteiger partial charge in [-0.15, -0.1) is 0 Å². The summed E-state index contributed by atoms with van der Waals surface area (Å²) in [7, 11) is 0. The van der Waals surface area contributed by atoms with E-state index in [9.17, 15) is 4.79 Å². The Balaban J connectivity index is 1.59. The third-order valence-corrected chi connectivity index (χ3v) is 5.29. The summed E-state index contributed by atoms with van der Waals surface area (Å²) in [5.74, 6) is 0.140. The summed E-state index contributed by atoms with van der Waals surface area (Å²) in [5, 5.41) is 4.50. The fourth-order valence-electron chi connectivity index (χ4n) is 3.83. The normalized spacial score (nSPS) is 12.5. The lowest BCUT2D eigenvalue weighted by Crippen LogP contribution is -2.26. The first kappa shape index (κ1) is 21.6. The summed E-state index contributed by atoms with van der Waals surface area (Å²) in [4.78, 5) is 17.2. The number of rotatable bonds is 6. The van der Waals surface area contributed by atoms with Gasteiger partial charge in [-0.1, -0.05) is 30.3 Å². The molecule has 2 aromatic heterocycles. The molecular formula is C27H29N3O2. The molecule has 0 saturated carbocycles. The first-order valence-corrected chi connectivity index (χ1v) is 10.9. The minimum absolute atomic E-state index is 0.140. The van der Waals surface area contributed by atoms with Crippen LogP contribution in [0.2, 0.25) is 0 Å². The highest BCUT2D eigenvalue weighted by Gasteiger charge is 2.20. The molecule has 164 valence electrons. The maximum atomic E-state index is 12.6. The average molecular weight is 428 g/mol. The Morgan fingerprint density at radius 2 is 1.81 bits per heavy atom. The van der Waals surface area contributed by atoms with Gasteiger partial charge in [0.2, 0.25) is 0 Å². The van der Waals surface area contributed by atoms with Gasteiger partial charge in [0.05, 0.1) is 5.52 Å². The summed E-state index contributed by atoms with van der Waals surface area (Å²) in [5.41, 5.74) is 3.62. The van der Waals surface area contributed by atoms with E-state index in [2.05, 4.69) is 40.6 Å². The van der Waals surface area contributed by atoms with E-state index >= 15 is 0 Å². The zero-order valence-corrected chi connectivity index (χ0v) is 18.8. The van der Waals surface area contributed by atoms with Crippen LogP contribution in [-0.2, 0) is 4.74 Å². The molecule has 0 aliphatic rings. The third kappa shape index (κ3) is 5.17. The lowest BCUT2D eigenvalue weighted by molar-refractivity contribution is 0.0544. The van der Waals surface area contributed by atoms with Crippen molar-refractivity contribution in [2.75, 3.05) is 11.9 Å². The zero-order chi connectivity index (χ0) is 22.6. The Hall–Kier alpha value is -3.60. The highest BCUT2D eigenvalue weighted by atomic mass is 16.6. The minimum Gasteiger partial charge on any atom is -0.443 e. The molecule has 0 saturated heterocycles. The molecular weight excluding hydrogens is 398 g/mol. The van der Waals surface area contributed by atoms with E-state index in [1.807, 2.05) is 69.4 Å². The molecule has 0 amide bonds. The number of hydrogen-bond acceptors (Lipinski definition) is 4. The Labute approximate surface area is 189 Å². The van der Waals surface area contributed by atoms with Crippen LogP contribution in [-0.4, -0.2) is 27.8 Å². The number of hydrogen-bond donors (Lipinski definition) is 1. The number of nitrogens with one attached hydrogen (secondary N) is 1. The Morgan fingerprint density at radius 3 is 2.53 bits per heavy atom. The van der Waals surface area contributed by atoms with Gasteiger partial charge in [0.1, 0.15) is 5.60 Å². The minimum atomic E-state index is -0.538. The van der Waals surface area contributed by atoms with Crippen molar-refractivity contribution in [2.45, 2.75) is 38.7 Å². The van der Waals surface area contributed by atoms with Crippen LogP contribution in [0.1, 0.15) is 44.4 Å². The third-order valence-electron chi connectivity index (χ3n) is 5.29. The van der Waals surface area contributed by atoms with Crippen molar-refractivity contribution in [1.82, 2.24) is 9.55 Å². The Morgan fingerprint density at radius 1 is 1.03 bits per heavy atom. The first-order chi connectivity index (χ1) is 15.4. The molecule has 0 radical (unpaired) electrons. The highest BCUT2D eigenvalue weighted by Crippen LogP contribution is 2.30. The second kappa shape index (κ2) is 9.27. The van der Waals surface area contributed by atoms with Gasteiger partial charge < -0.3 is 10.1 Å². The van der Waals surface area contributed by atoms with Crippen molar-refractivity contribution >= 4 is 22.7 Å². The van der Waals surface area contributed by atoms with Crippen molar-refractivity contribution in [3.8, 4) is 0 Å². The van der Waals surface area contributed by atoms with E-state index in [4.69, 9.17) is 4.74 Å². The zero-order valence-electron chi connectivity index (χ0n) is 18.8. The fourth-order valence-corrected chi connectivity index (χ4v) is 3.83. The van der Waals surface area contributed by atoms with Gasteiger partial charge in [-0.3, -0.25) is 9.55 Å². The molecule has 4 rings (SSSR count). The molecule has 5 heteroatoms. The summed E-state index contributed by atoms with van der Waals surface area (Å²) in [6.07, 6.45) is 4.14. The maximum absolute atomic E-state index is 12.6. The van der Waals surface area contributed by atoms with Gasteiger partial charge in [-0.05, 0) is 75.2 Å². The van der Waals surface area contributed by atoms with Gasteiger partial charge in [-0.2, -0.15) is 0 Å². The summed E-state index contributed by atoms with van der Waals surface area (Å²) in [6.45, 7) is 6.43. The van der Waals surface area contributed by atoms with E-state index in [-0.39, 0.29) is 12.0 Å². The summed E-state index contributed by atoms with van der Waals surface area (Å²) < 4.78 is 7.10. The number of para-hydroxylation sites is 1. The molecule has 0 bridgehead atoms. The lowest BCUT2D eigenvalue weighted by atomic mass is 9.91. The van der Waals surface area contributed by atoms with Crippen LogP contribution in [0.5, 0.6) is 0 Å². The molecule has 0 unspecified atom stereocenters. The summed E-state index contributed by atoms with van der Waals surface area (Å²) >= 11 is 0. The molecule has 1 atom stereocenters. The molecule has 5 nitrogen and oxygen atoms in total. The molecule has 2 heterocycles. The highest BCUT2D eigenvalue weighted by molar-refractivity contribution is 5.90. The largest absolute Gasteiger partial charge is 0.443 e. The second-order valence-corrected chi connectivity index (χ2v) is 8.87. The number of carbonyl (C=O) groups excluding carboxylic acids is 1. The van der Waals surface area contributed by atoms with Gasteiger partial charge in [0.25, 0.3) is 0 Å². The quantitative estimate of drug-likeness (QED) is 0.384. The van der Waals surface area contributed by atoms with Crippen LogP contribution in [0.3, 0.4) is 0 Å². The number of benzene rings is 2. The van der Waals surface area contributed by atoms with E-state index in [1.165, 1.54) is 5.56 Å². The molecule has 2 aromatic carbocycles. The van der Waals surface area contributed by atoms with E-state index < -0.39 is 5.60 Å². The molecule has 0 spiro atoms. The SMILES string of the molecule is CC(C)(C)OC(=O)n1ccc2cc([C@@H](CCNc3ccccc3)c3ccccn3)ccc21. The number of nitrogens with zero attached hydrogens (tertiary/aromatic N) is 2. The first-order valence-electron chi connectivity index (χ1n) is 10.9. The van der Waals surface area contributed by atoms with Gasteiger partial charge >= 0.3 is 6.09 Å². The number of aromatic nitrogens is 2. The van der Waals surface area contributed by atoms with Gasteiger partial charge in [-0.25, -0.2) is 4.79 Å². The number of anilines is 1. The van der Waals surface area contributed by atoms with Crippen LogP contribution < -0.4 is 5.32 Å². The standard InChI is InChI=1S/C27H29N3O2/c1-27(2,3)32-26(31)30-18-15-21-19-20(12-13-25(21)30)23(24-11-7-8-16-29-24)14-17-28-22-9-5-4-6-10-22/h4-13,15-16,18-19,23,28H,14,17H2,1-3H3/t23-/m1/s1. The van der Waals surface area contributed by atoms with Crippen molar-refractivity contribution in [3.63, 3.8) is 0 Å². The van der Waals surface area contributed by atoms with Crippen molar-refractivity contribution in [2.24, 2.45) is 0 Å². The molecule has 0 aliphatic heterocycles. The molecule has 32 heavy (non-hydrogen) atoms. The number of ether oxygens (including phenoxy) is 1. The predicted octanol–water partition coefficient (Wildman–Crippen LogP) is 6.45. The average Bonchev–Trinajstić information content (AvgIpc) is 3.20. The lowest BCUT2D eigenvalue weighted by Gasteiger charge is -2.20. The Bertz CT molecular complexity index is 1180. The molecule has 4 aromatic rings. The van der Waals surface area contributed by atoms with Crippen LogP contribution in [0.4, 0.5) is 10.5 Å². The van der Waals surface area contributed by atoms with E-state index in [1.54, 1.807) is 10.8 Å². The number of carbonyl (C=O) groups is 1. The number of pyridine rings is 1. The maximum Gasteiger partial charge on any atom is 0.418 e. The van der Waals surface area contributed by atoms with Crippen LogP contribution in [0, 0.1) is 0 Å². The molecule has 0 fully saturated rings. The monoisotopic (exact) mass is 427 g/mol. The summed E-state index contributed by atoms with van der Waals surface area (Å²) in [6, 6.07) is 24.4. The molecule has 1 N–H and O–H groups in total. The topological polar surface area (TPSA) is 56.1 Å². The van der Waals surface area contributed by atoms with Crippen molar-refractivity contribution in [1.29, 1.82) is 0 Å². The predicted molar refractivity (Wildman–Crippen MR) is 129 cm³/mol. The van der Waals surface area contributed by atoms with Crippen molar-refractivity contribution in [3.05, 3.63) is 96.4 Å². The van der Waals surface area contributed by atoms with E-state index in [0.717, 1.165) is 35.2 Å². The molecule has 0 aliphatic carbocycles. The van der Waals surface area contributed by atoms with Crippen molar-refractivity contribution < 1.29 is 9.53 Å².